The molecule has 2 N–H and O–H groups in total. The van der Waals surface area contributed by atoms with Gasteiger partial charge < -0.3 is 10.2 Å². The largest absolute Gasteiger partial charge is 0.378 e. The molecule has 3 aromatic carbocycles. The van der Waals surface area contributed by atoms with Crippen molar-refractivity contribution < 1.29 is 9.59 Å². The molecule has 0 atom stereocenters. The summed E-state index contributed by atoms with van der Waals surface area (Å²) in [5.74, 6) is -0.909. The lowest BCUT2D eigenvalue weighted by Crippen LogP contribution is -2.32. The van der Waals surface area contributed by atoms with Crippen LogP contribution in [0.5, 0.6) is 0 Å². The lowest BCUT2D eigenvalue weighted by molar-refractivity contribution is -0.117. The van der Waals surface area contributed by atoms with Crippen molar-refractivity contribution in [1.82, 2.24) is 10.7 Å². The molecule has 0 bridgehead atoms. The summed E-state index contributed by atoms with van der Waals surface area (Å²) in [5, 5.41) is 6.71. The molecule has 7 heteroatoms. The van der Waals surface area contributed by atoms with E-state index in [0.717, 1.165) is 21.3 Å². The minimum atomic E-state index is -0.528. The number of nitrogens with one attached hydrogen (secondary N) is 2. The molecule has 0 heterocycles. The van der Waals surface area contributed by atoms with Gasteiger partial charge in [0.15, 0.2) is 0 Å². The van der Waals surface area contributed by atoms with Crippen LogP contribution in [0, 0.1) is 0 Å². The van der Waals surface area contributed by atoms with E-state index < -0.39 is 5.91 Å². The minimum absolute atomic E-state index is 0.0874. The fraction of sp³-hybridized carbons (Fsp3) is 0.0800. The molecule has 0 saturated heterocycles. The normalized spacial score (nSPS) is 11.3. The van der Waals surface area contributed by atoms with Crippen molar-refractivity contribution in [2.75, 3.05) is 19.0 Å². The average Bonchev–Trinajstić information content (AvgIpc) is 2.80. The van der Waals surface area contributed by atoms with Gasteiger partial charge >= 0.3 is 0 Å². The monoisotopic (exact) mass is 490 g/mol. The maximum absolute atomic E-state index is 12.8. The molecule has 3 rings (SSSR count). The van der Waals surface area contributed by atoms with E-state index in [-0.39, 0.29) is 11.6 Å². The Kier molecular flexibility index (Phi) is 7.94. The van der Waals surface area contributed by atoms with Gasteiger partial charge in [0, 0.05) is 29.8 Å². The van der Waals surface area contributed by atoms with Crippen LogP contribution in [0.15, 0.2) is 94.1 Å². The number of nitrogens with zero attached hydrogens (tertiary/aromatic N) is 2. The second-order valence-corrected chi connectivity index (χ2v) is 8.03. The third kappa shape index (κ3) is 6.65. The highest BCUT2D eigenvalue weighted by molar-refractivity contribution is 9.10. The second-order valence-electron chi connectivity index (χ2n) is 7.11. The molecule has 2 amide bonds. The third-order valence-corrected chi connectivity index (χ3v) is 5.03. The standard InChI is InChI=1S/C25H23BrN4O2/c1-30(2)22-14-10-18(11-15-22)16-23(28-24(31)20-6-4-3-5-7-20)25(32)29-27-17-19-8-12-21(26)13-9-19/h3-17H,1-2H3,(H,28,31)(H,29,32)/b23-16-,27-17?. The number of anilines is 1. The number of halogens is 1. The van der Waals surface area contributed by atoms with Crippen LogP contribution < -0.4 is 15.6 Å². The van der Waals surface area contributed by atoms with Crippen LogP contribution in [-0.2, 0) is 4.79 Å². The molecule has 0 aromatic heterocycles. The molecule has 0 aliphatic heterocycles. The maximum atomic E-state index is 12.8. The maximum Gasteiger partial charge on any atom is 0.287 e. The van der Waals surface area contributed by atoms with E-state index >= 15 is 0 Å². The summed E-state index contributed by atoms with van der Waals surface area (Å²) in [5.41, 5.74) is 5.64. The summed E-state index contributed by atoms with van der Waals surface area (Å²) < 4.78 is 0.952. The quantitative estimate of drug-likeness (QED) is 0.292. The van der Waals surface area contributed by atoms with Gasteiger partial charge in [-0.15, -0.1) is 0 Å². The first kappa shape index (κ1) is 23.0. The van der Waals surface area contributed by atoms with Crippen LogP contribution in [0.1, 0.15) is 21.5 Å². The van der Waals surface area contributed by atoms with E-state index in [1.54, 1.807) is 30.3 Å². The topological polar surface area (TPSA) is 73.8 Å². The molecular formula is C25H23BrN4O2. The molecule has 6 nitrogen and oxygen atoms in total. The van der Waals surface area contributed by atoms with Gasteiger partial charge in [0.2, 0.25) is 0 Å². The Morgan fingerprint density at radius 3 is 2.12 bits per heavy atom. The Morgan fingerprint density at radius 2 is 1.50 bits per heavy atom. The van der Waals surface area contributed by atoms with Crippen molar-refractivity contribution >= 4 is 45.7 Å². The number of carbonyl (C=O) groups is 2. The van der Waals surface area contributed by atoms with Gasteiger partial charge in [-0.2, -0.15) is 5.10 Å². The second kappa shape index (κ2) is 11.1. The van der Waals surface area contributed by atoms with E-state index in [0.29, 0.717) is 5.56 Å². The first-order chi connectivity index (χ1) is 15.4. The smallest absolute Gasteiger partial charge is 0.287 e. The van der Waals surface area contributed by atoms with Crippen molar-refractivity contribution in [2.24, 2.45) is 5.10 Å². The van der Waals surface area contributed by atoms with Gasteiger partial charge in [0.25, 0.3) is 11.8 Å². The molecule has 0 radical (unpaired) electrons. The number of hydrazone groups is 1. The SMILES string of the molecule is CN(C)c1ccc(/C=C(\NC(=O)c2ccccc2)C(=O)NN=Cc2ccc(Br)cc2)cc1. The number of carbonyl (C=O) groups excluding carboxylic acids is 2. The third-order valence-electron chi connectivity index (χ3n) is 4.50. The van der Waals surface area contributed by atoms with Crippen LogP contribution in [0.4, 0.5) is 5.69 Å². The molecular weight excluding hydrogens is 468 g/mol. The summed E-state index contributed by atoms with van der Waals surface area (Å²) in [6, 6.07) is 23.8. The van der Waals surface area contributed by atoms with E-state index in [2.05, 4.69) is 31.8 Å². The fourth-order valence-electron chi connectivity index (χ4n) is 2.75. The zero-order valence-electron chi connectivity index (χ0n) is 17.7. The number of hydrogen-bond acceptors (Lipinski definition) is 4. The molecule has 32 heavy (non-hydrogen) atoms. The predicted molar refractivity (Wildman–Crippen MR) is 133 cm³/mol. The van der Waals surface area contributed by atoms with Crippen LogP contribution in [0.2, 0.25) is 0 Å². The number of amides is 2. The van der Waals surface area contributed by atoms with Crippen LogP contribution >= 0.6 is 15.9 Å². The van der Waals surface area contributed by atoms with Crippen molar-refractivity contribution in [1.29, 1.82) is 0 Å². The number of rotatable bonds is 7. The molecule has 0 saturated carbocycles. The van der Waals surface area contributed by atoms with E-state index in [1.807, 2.05) is 73.6 Å². The molecule has 3 aromatic rings. The van der Waals surface area contributed by atoms with Crippen molar-refractivity contribution in [2.45, 2.75) is 0 Å². The first-order valence-electron chi connectivity index (χ1n) is 9.87. The summed E-state index contributed by atoms with van der Waals surface area (Å²) in [6.45, 7) is 0. The van der Waals surface area contributed by atoms with Crippen molar-refractivity contribution in [3.05, 3.63) is 106 Å². The fourth-order valence-corrected chi connectivity index (χ4v) is 3.02. The van der Waals surface area contributed by atoms with Gasteiger partial charge in [0.1, 0.15) is 5.70 Å². The highest BCUT2D eigenvalue weighted by Gasteiger charge is 2.14. The van der Waals surface area contributed by atoms with E-state index in [1.165, 1.54) is 6.21 Å². The van der Waals surface area contributed by atoms with E-state index in [4.69, 9.17) is 0 Å². The average molecular weight is 491 g/mol. The first-order valence-corrected chi connectivity index (χ1v) is 10.7. The zero-order valence-corrected chi connectivity index (χ0v) is 19.3. The Morgan fingerprint density at radius 1 is 0.875 bits per heavy atom. The van der Waals surface area contributed by atoms with Crippen LogP contribution in [-0.4, -0.2) is 32.1 Å². The van der Waals surface area contributed by atoms with Gasteiger partial charge in [0.05, 0.1) is 6.21 Å². The van der Waals surface area contributed by atoms with Crippen molar-refractivity contribution in [3.63, 3.8) is 0 Å². The van der Waals surface area contributed by atoms with Crippen LogP contribution in [0.25, 0.3) is 6.08 Å². The Bertz CT molecular complexity index is 1120. The summed E-state index contributed by atoms with van der Waals surface area (Å²) in [6.07, 6.45) is 3.15. The molecule has 0 fully saturated rings. The highest BCUT2D eigenvalue weighted by atomic mass is 79.9. The summed E-state index contributed by atoms with van der Waals surface area (Å²) in [7, 11) is 3.90. The van der Waals surface area contributed by atoms with E-state index in [9.17, 15) is 9.59 Å². The highest BCUT2D eigenvalue weighted by Crippen LogP contribution is 2.15. The lowest BCUT2D eigenvalue weighted by Gasteiger charge is -2.12. The molecule has 0 aliphatic rings. The Balaban J connectivity index is 1.80. The summed E-state index contributed by atoms with van der Waals surface area (Å²) >= 11 is 3.38. The Hall–Kier alpha value is -3.71. The summed E-state index contributed by atoms with van der Waals surface area (Å²) in [4.78, 5) is 27.4. The number of benzene rings is 3. The lowest BCUT2D eigenvalue weighted by atomic mass is 10.1. The molecule has 0 unspecified atom stereocenters. The molecule has 0 aliphatic carbocycles. The molecule has 0 spiro atoms. The van der Waals surface area contributed by atoms with Gasteiger partial charge in [-0.3, -0.25) is 9.59 Å². The minimum Gasteiger partial charge on any atom is -0.378 e. The predicted octanol–water partition coefficient (Wildman–Crippen LogP) is 4.44. The van der Waals surface area contributed by atoms with Crippen molar-refractivity contribution in [3.8, 4) is 0 Å². The van der Waals surface area contributed by atoms with Gasteiger partial charge in [-0.1, -0.05) is 58.4 Å². The Labute approximate surface area is 195 Å². The molecule has 162 valence electrons. The zero-order chi connectivity index (χ0) is 22.9. The van der Waals surface area contributed by atoms with Crippen LogP contribution in [0.3, 0.4) is 0 Å². The van der Waals surface area contributed by atoms with Gasteiger partial charge in [-0.25, -0.2) is 5.43 Å². The number of hydrogen-bond donors (Lipinski definition) is 2. The van der Waals surface area contributed by atoms with Gasteiger partial charge in [-0.05, 0) is 53.6 Å².